The molecule has 0 spiro atoms. The van der Waals surface area contributed by atoms with Crippen molar-refractivity contribution in [1.29, 1.82) is 0 Å². The second-order valence-electron chi connectivity index (χ2n) is 4.52. The molecule has 0 bridgehead atoms. The molecule has 0 fully saturated rings. The first-order valence-electron chi connectivity index (χ1n) is 6.62. The molecule has 0 unspecified atom stereocenters. The van der Waals surface area contributed by atoms with Crippen LogP contribution < -0.4 is 10.6 Å². The third kappa shape index (κ3) is 3.33. The van der Waals surface area contributed by atoms with Gasteiger partial charge < -0.3 is 19.6 Å². The molecule has 2 amide bonds. The zero-order valence-corrected chi connectivity index (χ0v) is 11.3. The lowest BCUT2D eigenvalue weighted by atomic mass is 10.3. The summed E-state index contributed by atoms with van der Waals surface area (Å²) in [6.45, 7) is 0.361. The summed E-state index contributed by atoms with van der Waals surface area (Å²) in [7, 11) is 0. The first-order chi connectivity index (χ1) is 10.3. The van der Waals surface area contributed by atoms with Crippen LogP contribution in [0, 0.1) is 0 Å². The standard InChI is InChI=1S/C16H15N3O2/c20-16(17-12-15-4-3-11-21-15)18-13-5-7-14(8-6-13)19-9-1-2-10-19/h1-11H,12H2,(H2,17,18,20). The van der Waals surface area contributed by atoms with Gasteiger partial charge in [0.1, 0.15) is 5.76 Å². The van der Waals surface area contributed by atoms with Crippen molar-refractivity contribution in [3.05, 3.63) is 72.9 Å². The van der Waals surface area contributed by atoms with Crippen molar-refractivity contribution in [1.82, 2.24) is 9.88 Å². The molecule has 106 valence electrons. The number of amides is 2. The summed E-state index contributed by atoms with van der Waals surface area (Å²) >= 11 is 0. The average molecular weight is 281 g/mol. The van der Waals surface area contributed by atoms with Crippen LogP contribution in [0.15, 0.2) is 71.6 Å². The van der Waals surface area contributed by atoms with Gasteiger partial charge in [0.2, 0.25) is 0 Å². The highest BCUT2D eigenvalue weighted by atomic mass is 16.3. The van der Waals surface area contributed by atoms with Crippen LogP contribution in [0.5, 0.6) is 0 Å². The van der Waals surface area contributed by atoms with Crippen LogP contribution in [-0.2, 0) is 6.54 Å². The van der Waals surface area contributed by atoms with Gasteiger partial charge in [-0.2, -0.15) is 0 Å². The molecule has 2 N–H and O–H groups in total. The number of furan rings is 1. The SMILES string of the molecule is O=C(NCc1ccco1)Nc1ccc(-n2cccc2)cc1. The Bertz CT molecular complexity index is 686. The van der Waals surface area contributed by atoms with Crippen molar-refractivity contribution in [2.24, 2.45) is 0 Å². The Balaban J connectivity index is 1.56. The second kappa shape index (κ2) is 6.00. The Morgan fingerprint density at radius 3 is 2.48 bits per heavy atom. The fraction of sp³-hybridized carbons (Fsp3) is 0.0625. The summed E-state index contributed by atoms with van der Waals surface area (Å²) in [6, 6.07) is 14.9. The van der Waals surface area contributed by atoms with Crippen molar-refractivity contribution < 1.29 is 9.21 Å². The first kappa shape index (κ1) is 13.1. The third-order valence-electron chi connectivity index (χ3n) is 3.03. The fourth-order valence-corrected chi connectivity index (χ4v) is 1.98. The fourth-order valence-electron chi connectivity index (χ4n) is 1.98. The van der Waals surface area contributed by atoms with Crippen molar-refractivity contribution >= 4 is 11.7 Å². The zero-order chi connectivity index (χ0) is 14.5. The van der Waals surface area contributed by atoms with Crippen molar-refractivity contribution in [3.63, 3.8) is 0 Å². The Kier molecular flexibility index (Phi) is 3.73. The lowest BCUT2D eigenvalue weighted by Crippen LogP contribution is -2.27. The van der Waals surface area contributed by atoms with Crippen molar-refractivity contribution in [2.75, 3.05) is 5.32 Å². The van der Waals surface area contributed by atoms with Gasteiger partial charge in [0, 0.05) is 23.8 Å². The van der Waals surface area contributed by atoms with E-state index in [9.17, 15) is 4.79 Å². The summed E-state index contributed by atoms with van der Waals surface area (Å²) in [5.41, 5.74) is 1.78. The monoisotopic (exact) mass is 281 g/mol. The van der Waals surface area contributed by atoms with E-state index >= 15 is 0 Å². The molecular weight excluding hydrogens is 266 g/mol. The van der Waals surface area contributed by atoms with E-state index in [4.69, 9.17) is 4.42 Å². The number of rotatable bonds is 4. The van der Waals surface area contributed by atoms with Gasteiger partial charge in [0.25, 0.3) is 0 Å². The van der Waals surface area contributed by atoms with E-state index in [-0.39, 0.29) is 6.03 Å². The van der Waals surface area contributed by atoms with Gasteiger partial charge in [-0.15, -0.1) is 0 Å². The maximum atomic E-state index is 11.8. The van der Waals surface area contributed by atoms with Gasteiger partial charge in [-0.25, -0.2) is 4.79 Å². The maximum absolute atomic E-state index is 11.8. The molecular formula is C16H15N3O2. The molecule has 0 atom stereocenters. The predicted octanol–water partition coefficient (Wildman–Crippen LogP) is 3.39. The first-order valence-corrected chi connectivity index (χ1v) is 6.62. The van der Waals surface area contributed by atoms with E-state index < -0.39 is 0 Å². The summed E-state index contributed by atoms with van der Waals surface area (Å²) in [5.74, 6) is 0.716. The summed E-state index contributed by atoms with van der Waals surface area (Å²) in [4.78, 5) is 11.8. The number of aromatic nitrogens is 1. The van der Waals surface area contributed by atoms with E-state index in [0.29, 0.717) is 12.3 Å². The van der Waals surface area contributed by atoms with Crippen molar-refractivity contribution in [2.45, 2.75) is 6.54 Å². The topological polar surface area (TPSA) is 59.2 Å². The van der Waals surface area contributed by atoms with E-state index in [1.54, 1.807) is 12.3 Å². The molecule has 3 aromatic rings. The minimum absolute atomic E-state index is 0.264. The summed E-state index contributed by atoms with van der Waals surface area (Å²) in [6.07, 6.45) is 5.52. The Labute approximate surface area is 122 Å². The Hall–Kier alpha value is -2.95. The van der Waals surface area contributed by atoms with Crippen molar-refractivity contribution in [3.8, 4) is 5.69 Å². The number of carbonyl (C=O) groups excluding carboxylic acids is 1. The minimum atomic E-state index is -0.264. The largest absolute Gasteiger partial charge is 0.467 e. The van der Waals surface area contributed by atoms with Crippen LogP contribution in [0.3, 0.4) is 0 Å². The Morgan fingerprint density at radius 1 is 1.05 bits per heavy atom. The number of hydrogen-bond acceptors (Lipinski definition) is 2. The third-order valence-corrected chi connectivity index (χ3v) is 3.03. The Morgan fingerprint density at radius 2 is 1.81 bits per heavy atom. The molecule has 0 aliphatic rings. The molecule has 2 aromatic heterocycles. The molecule has 1 aromatic carbocycles. The summed E-state index contributed by atoms with van der Waals surface area (Å²) in [5, 5.41) is 5.50. The number of carbonyl (C=O) groups is 1. The lowest BCUT2D eigenvalue weighted by molar-refractivity contribution is 0.251. The van der Waals surface area contributed by atoms with Gasteiger partial charge in [-0.05, 0) is 48.5 Å². The lowest BCUT2D eigenvalue weighted by Gasteiger charge is -2.08. The number of hydrogen-bond donors (Lipinski definition) is 2. The van der Waals surface area contributed by atoms with Gasteiger partial charge >= 0.3 is 6.03 Å². The highest BCUT2D eigenvalue weighted by molar-refractivity contribution is 5.89. The number of urea groups is 1. The number of nitrogens with zero attached hydrogens (tertiary/aromatic N) is 1. The van der Waals surface area contributed by atoms with Gasteiger partial charge in [0.05, 0.1) is 12.8 Å². The van der Waals surface area contributed by atoms with E-state index in [0.717, 1.165) is 11.4 Å². The highest BCUT2D eigenvalue weighted by Gasteiger charge is 2.03. The van der Waals surface area contributed by atoms with Gasteiger partial charge in [-0.1, -0.05) is 0 Å². The molecule has 0 saturated carbocycles. The van der Waals surface area contributed by atoms with Crippen LogP contribution in [0.2, 0.25) is 0 Å². The van der Waals surface area contributed by atoms with Gasteiger partial charge in [-0.3, -0.25) is 0 Å². The minimum Gasteiger partial charge on any atom is -0.467 e. The number of anilines is 1. The van der Waals surface area contributed by atoms with Crippen LogP contribution in [0.4, 0.5) is 10.5 Å². The number of nitrogens with one attached hydrogen (secondary N) is 2. The zero-order valence-electron chi connectivity index (χ0n) is 11.3. The molecule has 2 heterocycles. The molecule has 3 rings (SSSR count). The smallest absolute Gasteiger partial charge is 0.319 e. The van der Waals surface area contributed by atoms with Gasteiger partial charge in [0.15, 0.2) is 0 Å². The molecule has 21 heavy (non-hydrogen) atoms. The second-order valence-corrected chi connectivity index (χ2v) is 4.52. The van der Waals surface area contributed by atoms with Crippen LogP contribution in [-0.4, -0.2) is 10.6 Å². The maximum Gasteiger partial charge on any atom is 0.319 e. The summed E-state index contributed by atoms with van der Waals surface area (Å²) < 4.78 is 7.15. The van der Waals surface area contributed by atoms with Crippen LogP contribution in [0.1, 0.15) is 5.76 Å². The molecule has 0 radical (unpaired) electrons. The normalized spacial score (nSPS) is 10.3. The highest BCUT2D eigenvalue weighted by Crippen LogP contribution is 2.13. The molecule has 0 aliphatic heterocycles. The van der Waals surface area contributed by atoms with E-state index in [2.05, 4.69) is 10.6 Å². The molecule has 0 saturated heterocycles. The number of benzene rings is 1. The average Bonchev–Trinajstić information content (AvgIpc) is 3.19. The van der Waals surface area contributed by atoms with Crippen LogP contribution in [0.25, 0.3) is 5.69 Å². The molecule has 0 aliphatic carbocycles. The molecule has 5 nitrogen and oxygen atoms in total. The quantitative estimate of drug-likeness (QED) is 0.770. The van der Waals surface area contributed by atoms with E-state index in [1.807, 2.05) is 59.4 Å². The predicted molar refractivity (Wildman–Crippen MR) is 80.3 cm³/mol. The van der Waals surface area contributed by atoms with Crippen LogP contribution >= 0.6 is 0 Å². The molecule has 5 heteroatoms. The van der Waals surface area contributed by atoms with E-state index in [1.165, 1.54) is 0 Å².